The Kier molecular flexibility index (Phi) is 4.49. The number of carbonyl (C=O) groups excluding carboxylic acids is 1. The predicted octanol–water partition coefficient (Wildman–Crippen LogP) is 0.234. The number of nitrogens with two attached hydrogens (primary N) is 1. The Balaban J connectivity index is 3.29. The molecule has 0 radical (unpaired) electrons. The molecule has 0 spiro atoms. The molecule has 10 heavy (non-hydrogen) atoms. The molecule has 0 aliphatic carbocycles. The highest BCUT2D eigenvalue weighted by atomic mass is 19.2. The summed E-state index contributed by atoms with van der Waals surface area (Å²) < 4.78 is 12.3. The molecule has 58 valence electrons. The molecule has 0 heterocycles. The van der Waals surface area contributed by atoms with Crippen molar-refractivity contribution < 1.29 is 9.28 Å². The Labute approximate surface area is 59.2 Å². The van der Waals surface area contributed by atoms with E-state index in [2.05, 4.69) is 6.58 Å². The van der Waals surface area contributed by atoms with Crippen LogP contribution in [-0.4, -0.2) is 24.1 Å². The average molecular weight is 146 g/mol. The SMILES string of the molecule is C=CCN(F)CCC(N)=O. The molecule has 0 fully saturated rings. The first-order chi connectivity index (χ1) is 4.66. The van der Waals surface area contributed by atoms with Gasteiger partial charge in [-0.25, -0.2) is 0 Å². The Hall–Kier alpha value is -0.900. The van der Waals surface area contributed by atoms with Crippen molar-refractivity contribution >= 4 is 5.91 Å². The van der Waals surface area contributed by atoms with Crippen molar-refractivity contribution in [1.29, 1.82) is 0 Å². The Morgan fingerprint density at radius 2 is 2.40 bits per heavy atom. The molecule has 0 aromatic heterocycles. The van der Waals surface area contributed by atoms with E-state index >= 15 is 0 Å². The van der Waals surface area contributed by atoms with Gasteiger partial charge in [-0.3, -0.25) is 4.79 Å². The molecular weight excluding hydrogens is 135 g/mol. The lowest BCUT2D eigenvalue weighted by Crippen LogP contribution is -2.21. The second kappa shape index (κ2) is 4.93. The molecular formula is C6H11FN2O. The van der Waals surface area contributed by atoms with Crippen LogP contribution in [0.1, 0.15) is 6.42 Å². The van der Waals surface area contributed by atoms with E-state index in [9.17, 15) is 9.28 Å². The summed E-state index contributed by atoms with van der Waals surface area (Å²) in [6.45, 7) is 3.51. The van der Waals surface area contributed by atoms with Crippen molar-refractivity contribution in [2.75, 3.05) is 13.1 Å². The minimum absolute atomic E-state index is 0.0430. The summed E-state index contributed by atoms with van der Waals surface area (Å²) in [7, 11) is 0. The molecule has 0 atom stereocenters. The van der Waals surface area contributed by atoms with Gasteiger partial charge < -0.3 is 5.73 Å². The van der Waals surface area contributed by atoms with Gasteiger partial charge in [-0.2, -0.15) is 0 Å². The van der Waals surface area contributed by atoms with Crippen LogP contribution in [-0.2, 0) is 4.79 Å². The maximum Gasteiger partial charge on any atom is 0.218 e. The molecule has 0 aromatic carbocycles. The monoisotopic (exact) mass is 146 g/mol. The molecule has 4 heteroatoms. The second-order valence-corrected chi connectivity index (χ2v) is 1.87. The zero-order valence-electron chi connectivity index (χ0n) is 5.72. The van der Waals surface area contributed by atoms with Gasteiger partial charge in [-0.05, 0) is 0 Å². The summed E-state index contributed by atoms with van der Waals surface area (Å²) >= 11 is 0. The molecule has 0 unspecified atom stereocenters. The van der Waals surface area contributed by atoms with Crippen LogP contribution in [0, 0.1) is 0 Å². The fraction of sp³-hybridized carbons (Fsp3) is 0.500. The fourth-order valence-corrected chi connectivity index (χ4v) is 0.463. The van der Waals surface area contributed by atoms with E-state index in [-0.39, 0.29) is 19.5 Å². The van der Waals surface area contributed by atoms with Crippen LogP contribution >= 0.6 is 0 Å². The van der Waals surface area contributed by atoms with Crippen LogP contribution in [0.25, 0.3) is 0 Å². The summed E-state index contributed by atoms with van der Waals surface area (Å²) in [6.07, 6.45) is 1.46. The number of amides is 1. The van der Waals surface area contributed by atoms with Crippen molar-refractivity contribution in [3.05, 3.63) is 12.7 Å². The van der Waals surface area contributed by atoms with E-state index in [1.165, 1.54) is 6.08 Å². The van der Waals surface area contributed by atoms with Crippen LogP contribution < -0.4 is 5.73 Å². The lowest BCUT2D eigenvalue weighted by molar-refractivity contribution is -0.119. The van der Waals surface area contributed by atoms with Crippen LogP contribution in [0.4, 0.5) is 4.48 Å². The van der Waals surface area contributed by atoms with Gasteiger partial charge in [-0.15, -0.1) is 16.2 Å². The lowest BCUT2D eigenvalue weighted by Gasteiger charge is -2.05. The Bertz CT molecular complexity index is 127. The molecule has 1 amide bonds. The minimum Gasteiger partial charge on any atom is -0.370 e. The van der Waals surface area contributed by atoms with E-state index in [0.29, 0.717) is 5.12 Å². The van der Waals surface area contributed by atoms with E-state index in [1.54, 1.807) is 0 Å². The number of halogens is 1. The van der Waals surface area contributed by atoms with E-state index in [1.807, 2.05) is 0 Å². The molecule has 0 bridgehead atoms. The topological polar surface area (TPSA) is 46.3 Å². The van der Waals surface area contributed by atoms with Gasteiger partial charge in [0, 0.05) is 19.5 Å². The highest BCUT2D eigenvalue weighted by Crippen LogP contribution is 1.90. The number of hydrogen-bond acceptors (Lipinski definition) is 2. The summed E-state index contributed by atoms with van der Waals surface area (Å²) in [4.78, 5) is 10.1. The van der Waals surface area contributed by atoms with Crippen LogP contribution in [0.5, 0.6) is 0 Å². The third-order valence-corrected chi connectivity index (χ3v) is 0.928. The van der Waals surface area contributed by atoms with E-state index in [4.69, 9.17) is 5.73 Å². The van der Waals surface area contributed by atoms with Crippen molar-refractivity contribution in [2.45, 2.75) is 6.42 Å². The summed E-state index contributed by atoms with van der Waals surface area (Å²) in [5.41, 5.74) is 4.78. The average Bonchev–Trinajstić information content (AvgIpc) is 1.85. The molecule has 0 aliphatic rings. The first kappa shape index (κ1) is 9.10. The van der Waals surface area contributed by atoms with Gasteiger partial charge in [-0.1, -0.05) is 6.08 Å². The molecule has 0 saturated carbocycles. The second-order valence-electron chi connectivity index (χ2n) is 1.87. The zero-order chi connectivity index (χ0) is 7.98. The van der Waals surface area contributed by atoms with E-state index < -0.39 is 5.91 Å². The molecule has 0 aliphatic heterocycles. The Morgan fingerprint density at radius 3 is 2.80 bits per heavy atom. The highest BCUT2D eigenvalue weighted by Gasteiger charge is 2.01. The summed E-state index contributed by atoms with van der Waals surface area (Å²) in [6, 6.07) is 0. The molecule has 0 aromatic rings. The molecule has 2 N–H and O–H groups in total. The smallest absolute Gasteiger partial charge is 0.218 e. The van der Waals surface area contributed by atoms with Gasteiger partial charge in [0.1, 0.15) is 0 Å². The van der Waals surface area contributed by atoms with Gasteiger partial charge in [0.25, 0.3) is 0 Å². The molecule has 0 saturated heterocycles. The highest BCUT2D eigenvalue weighted by molar-refractivity contribution is 5.73. The fourth-order valence-electron chi connectivity index (χ4n) is 0.463. The maximum absolute atomic E-state index is 12.3. The van der Waals surface area contributed by atoms with Crippen molar-refractivity contribution in [3.63, 3.8) is 0 Å². The first-order valence-electron chi connectivity index (χ1n) is 2.96. The van der Waals surface area contributed by atoms with Crippen LogP contribution in [0.2, 0.25) is 0 Å². The van der Waals surface area contributed by atoms with Gasteiger partial charge in [0.05, 0.1) is 0 Å². The van der Waals surface area contributed by atoms with Gasteiger partial charge >= 0.3 is 0 Å². The van der Waals surface area contributed by atoms with Gasteiger partial charge in [0.15, 0.2) is 0 Å². The quantitative estimate of drug-likeness (QED) is 0.446. The normalized spacial score (nSPS) is 9.80. The number of primary amides is 1. The third kappa shape index (κ3) is 5.24. The number of nitrogens with zero attached hydrogens (tertiary/aromatic N) is 1. The predicted molar refractivity (Wildman–Crippen MR) is 36.7 cm³/mol. The number of hydrogen-bond donors (Lipinski definition) is 1. The zero-order valence-corrected chi connectivity index (χ0v) is 5.72. The van der Waals surface area contributed by atoms with E-state index in [0.717, 1.165) is 0 Å². The third-order valence-electron chi connectivity index (χ3n) is 0.928. The number of rotatable bonds is 5. The van der Waals surface area contributed by atoms with Crippen LogP contribution in [0.3, 0.4) is 0 Å². The first-order valence-corrected chi connectivity index (χ1v) is 2.96. The largest absolute Gasteiger partial charge is 0.370 e. The molecule has 3 nitrogen and oxygen atoms in total. The Morgan fingerprint density at radius 1 is 1.80 bits per heavy atom. The molecule has 0 rings (SSSR count). The lowest BCUT2D eigenvalue weighted by atomic mass is 10.4. The standard InChI is InChI=1S/C6H11FN2O/c1-2-4-9(7)5-3-6(8)10/h2H,1,3-5H2,(H2,8,10). The number of carbonyl (C=O) groups is 1. The van der Waals surface area contributed by atoms with Crippen LogP contribution in [0.15, 0.2) is 12.7 Å². The summed E-state index contributed by atoms with van der Waals surface area (Å²) in [5, 5.41) is 0.484. The minimum atomic E-state index is -0.494. The van der Waals surface area contributed by atoms with Gasteiger partial charge in [0.2, 0.25) is 5.91 Å². The summed E-state index contributed by atoms with van der Waals surface area (Å²) in [5.74, 6) is -0.494. The van der Waals surface area contributed by atoms with Crippen molar-refractivity contribution in [2.24, 2.45) is 5.73 Å². The maximum atomic E-state index is 12.3. The van der Waals surface area contributed by atoms with Crippen molar-refractivity contribution in [3.8, 4) is 0 Å². The van der Waals surface area contributed by atoms with Crippen molar-refractivity contribution in [1.82, 2.24) is 5.12 Å².